The summed E-state index contributed by atoms with van der Waals surface area (Å²) in [4.78, 5) is 7.20. The first kappa shape index (κ1) is 24.5. The normalized spacial score (nSPS) is 16.0. The van der Waals surface area contributed by atoms with Crippen LogP contribution in [0, 0.1) is 6.92 Å². The highest BCUT2D eigenvalue weighted by atomic mass is 127. The molecule has 0 spiro atoms. The van der Waals surface area contributed by atoms with Crippen molar-refractivity contribution in [3.05, 3.63) is 35.4 Å². The van der Waals surface area contributed by atoms with Gasteiger partial charge in [0.25, 0.3) is 0 Å². The average molecular weight is 557 g/mol. The molecule has 3 heterocycles. The van der Waals surface area contributed by atoms with Crippen LogP contribution in [-0.4, -0.2) is 71.8 Å². The quantitative estimate of drug-likeness (QED) is 0.218. The van der Waals surface area contributed by atoms with Crippen LogP contribution < -0.4 is 20.1 Å². The van der Waals surface area contributed by atoms with E-state index in [-0.39, 0.29) is 30.8 Å². The van der Waals surface area contributed by atoms with Crippen molar-refractivity contribution in [3.8, 4) is 11.5 Å². The topological polar surface area (TPSA) is 98.1 Å². The minimum absolute atomic E-state index is 0. The van der Waals surface area contributed by atoms with Gasteiger partial charge in [-0.05, 0) is 37.6 Å². The van der Waals surface area contributed by atoms with Crippen LogP contribution in [0.1, 0.15) is 23.6 Å². The molecule has 0 radical (unpaired) electrons. The monoisotopic (exact) mass is 557 g/mol. The number of aliphatic imine (C=N–C) groups is 1. The molecule has 1 aromatic carbocycles. The Morgan fingerprint density at radius 3 is 2.72 bits per heavy atom. The molecule has 10 nitrogen and oxygen atoms in total. The Morgan fingerprint density at radius 1 is 1.12 bits per heavy atom. The standard InChI is InChI=1S/C21H31N7O3.HI/c1-16-25-26-20(27(16)2)14-24-21(22-6-3-7-28-8-10-29-11-9-28)23-13-17-4-5-18-19(12-17)31-15-30-18;/h4-5,12H,3,6-11,13-15H2,1-2H3,(H2,22,23,24);1H. The molecule has 32 heavy (non-hydrogen) atoms. The Morgan fingerprint density at radius 2 is 1.94 bits per heavy atom. The molecule has 11 heteroatoms. The number of rotatable bonds is 8. The summed E-state index contributed by atoms with van der Waals surface area (Å²) >= 11 is 0. The average Bonchev–Trinajstić information content (AvgIpc) is 3.39. The van der Waals surface area contributed by atoms with E-state index in [2.05, 4.69) is 25.7 Å². The Labute approximate surface area is 205 Å². The molecule has 0 unspecified atom stereocenters. The highest BCUT2D eigenvalue weighted by molar-refractivity contribution is 14.0. The molecule has 2 aliphatic rings. The maximum atomic E-state index is 5.47. The van der Waals surface area contributed by atoms with Crippen LogP contribution >= 0.6 is 24.0 Å². The first-order valence-corrected chi connectivity index (χ1v) is 10.7. The van der Waals surface area contributed by atoms with Crippen molar-refractivity contribution >= 4 is 29.9 Å². The predicted octanol–water partition coefficient (Wildman–Crippen LogP) is 1.43. The zero-order valence-electron chi connectivity index (χ0n) is 18.7. The summed E-state index contributed by atoms with van der Waals surface area (Å²) in [5, 5.41) is 15.2. The van der Waals surface area contributed by atoms with Crippen LogP contribution in [0.4, 0.5) is 0 Å². The number of ether oxygens (including phenoxy) is 3. The highest BCUT2D eigenvalue weighted by Gasteiger charge is 2.13. The lowest BCUT2D eigenvalue weighted by molar-refractivity contribution is 0.0376. The Hall–Kier alpha value is -2.12. The number of nitrogens with zero attached hydrogens (tertiary/aromatic N) is 5. The van der Waals surface area contributed by atoms with Gasteiger partial charge in [-0.1, -0.05) is 6.07 Å². The second kappa shape index (κ2) is 12.2. The van der Waals surface area contributed by atoms with Gasteiger partial charge in [-0.2, -0.15) is 0 Å². The number of aryl methyl sites for hydroxylation is 1. The molecule has 2 N–H and O–H groups in total. The summed E-state index contributed by atoms with van der Waals surface area (Å²) in [6.07, 6.45) is 1.04. The number of hydrogen-bond acceptors (Lipinski definition) is 7. The Bertz CT molecular complexity index is 900. The zero-order chi connectivity index (χ0) is 21.5. The van der Waals surface area contributed by atoms with Crippen LogP contribution in [0.25, 0.3) is 0 Å². The number of nitrogens with one attached hydrogen (secondary N) is 2. The molecule has 0 atom stereocenters. The van der Waals surface area contributed by atoms with E-state index in [1.54, 1.807) is 0 Å². The van der Waals surface area contributed by atoms with Crippen LogP contribution in [0.15, 0.2) is 23.2 Å². The van der Waals surface area contributed by atoms with Gasteiger partial charge >= 0.3 is 0 Å². The van der Waals surface area contributed by atoms with Gasteiger partial charge in [0.15, 0.2) is 23.3 Å². The lowest BCUT2D eigenvalue weighted by atomic mass is 10.2. The summed E-state index contributed by atoms with van der Waals surface area (Å²) in [5.74, 6) is 4.05. The summed E-state index contributed by atoms with van der Waals surface area (Å²) in [5.41, 5.74) is 1.06. The Kier molecular flexibility index (Phi) is 9.36. The number of hydrogen-bond donors (Lipinski definition) is 2. The molecular formula is C21H32IN7O3. The van der Waals surface area contributed by atoms with Crippen molar-refractivity contribution in [2.75, 3.05) is 46.2 Å². The minimum atomic E-state index is 0. The lowest BCUT2D eigenvalue weighted by Gasteiger charge is -2.26. The molecule has 2 aliphatic heterocycles. The summed E-state index contributed by atoms with van der Waals surface area (Å²) in [6, 6.07) is 5.92. The van der Waals surface area contributed by atoms with Crippen molar-refractivity contribution in [1.29, 1.82) is 0 Å². The third kappa shape index (κ3) is 6.69. The molecular weight excluding hydrogens is 525 g/mol. The fraction of sp³-hybridized carbons (Fsp3) is 0.571. The van der Waals surface area contributed by atoms with E-state index >= 15 is 0 Å². The Balaban J connectivity index is 0.00000289. The number of morpholine rings is 1. The number of fused-ring (bicyclic) bond motifs is 1. The molecule has 2 aromatic rings. The van der Waals surface area contributed by atoms with Crippen molar-refractivity contribution in [2.24, 2.45) is 12.0 Å². The maximum absolute atomic E-state index is 5.47. The maximum Gasteiger partial charge on any atom is 0.231 e. The van der Waals surface area contributed by atoms with Crippen LogP contribution in [0.5, 0.6) is 11.5 Å². The van der Waals surface area contributed by atoms with Crippen molar-refractivity contribution in [2.45, 2.75) is 26.4 Å². The third-order valence-electron chi connectivity index (χ3n) is 5.50. The molecule has 1 aromatic heterocycles. The van der Waals surface area contributed by atoms with E-state index < -0.39 is 0 Å². The van der Waals surface area contributed by atoms with Gasteiger partial charge in [-0.15, -0.1) is 34.2 Å². The van der Waals surface area contributed by atoms with E-state index in [9.17, 15) is 0 Å². The fourth-order valence-electron chi connectivity index (χ4n) is 3.49. The second-order valence-corrected chi connectivity index (χ2v) is 7.66. The van der Waals surface area contributed by atoms with Crippen molar-refractivity contribution in [3.63, 3.8) is 0 Å². The smallest absolute Gasteiger partial charge is 0.231 e. The minimum Gasteiger partial charge on any atom is -0.454 e. The van der Waals surface area contributed by atoms with Gasteiger partial charge in [0, 0.05) is 26.7 Å². The third-order valence-corrected chi connectivity index (χ3v) is 5.50. The number of benzene rings is 1. The summed E-state index contributed by atoms with van der Waals surface area (Å²) in [7, 11) is 1.96. The molecule has 1 saturated heterocycles. The van der Waals surface area contributed by atoms with Gasteiger partial charge in [-0.3, -0.25) is 4.90 Å². The van der Waals surface area contributed by atoms with E-state index in [0.717, 1.165) is 80.5 Å². The van der Waals surface area contributed by atoms with Gasteiger partial charge in [0.2, 0.25) is 6.79 Å². The van der Waals surface area contributed by atoms with E-state index in [0.29, 0.717) is 13.1 Å². The predicted molar refractivity (Wildman–Crippen MR) is 132 cm³/mol. The summed E-state index contributed by atoms with van der Waals surface area (Å²) in [6.45, 7) is 8.86. The SMILES string of the molecule is Cc1nnc(CNC(=NCc2ccc3c(c2)OCO3)NCCCN2CCOCC2)n1C.I. The molecule has 0 aliphatic carbocycles. The largest absolute Gasteiger partial charge is 0.454 e. The highest BCUT2D eigenvalue weighted by Crippen LogP contribution is 2.32. The van der Waals surface area contributed by atoms with Gasteiger partial charge in [0.1, 0.15) is 5.82 Å². The molecule has 0 amide bonds. The van der Waals surface area contributed by atoms with Crippen LogP contribution in [0.3, 0.4) is 0 Å². The fourth-order valence-corrected chi connectivity index (χ4v) is 3.49. The number of aromatic nitrogens is 3. The van der Waals surface area contributed by atoms with E-state index in [1.807, 2.05) is 36.7 Å². The van der Waals surface area contributed by atoms with Crippen LogP contribution in [0.2, 0.25) is 0 Å². The molecule has 1 fully saturated rings. The zero-order valence-corrected chi connectivity index (χ0v) is 21.0. The number of guanidine groups is 1. The van der Waals surface area contributed by atoms with Gasteiger partial charge in [-0.25, -0.2) is 4.99 Å². The van der Waals surface area contributed by atoms with E-state index in [4.69, 9.17) is 19.2 Å². The van der Waals surface area contributed by atoms with Crippen molar-refractivity contribution in [1.82, 2.24) is 30.3 Å². The lowest BCUT2D eigenvalue weighted by Crippen LogP contribution is -2.40. The molecule has 4 rings (SSSR count). The molecule has 176 valence electrons. The first-order chi connectivity index (χ1) is 15.2. The van der Waals surface area contributed by atoms with Gasteiger partial charge < -0.3 is 29.4 Å². The van der Waals surface area contributed by atoms with Crippen molar-refractivity contribution < 1.29 is 14.2 Å². The second-order valence-electron chi connectivity index (χ2n) is 7.66. The molecule has 0 saturated carbocycles. The number of halogens is 1. The molecule has 0 bridgehead atoms. The van der Waals surface area contributed by atoms with Crippen LogP contribution in [-0.2, 0) is 24.9 Å². The summed E-state index contributed by atoms with van der Waals surface area (Å²) < 4.78 is 18.2. The first-order valence-electron chi connectivity index (χ1n) is 10.7. The van der Waals surface area contributed by atoms with Gasteiger partial charge in [0.05, 0.1) is 26.3 Å². The van der Waals surface area contributed by atoms with E-state index in [1.165, 1.54) is 0 Å².